The molecule has 1 heterocycles. The second-order valence-corrected chi connectivity index (χ2v) is 3.80. The van der Waals surface area contributed by atoms with Crippen LogP contribution in [0.3, 0.4) is 0 Å². The van der Waals surface area contributed by atoms with Crippen molar-refractivity contribution in [2.75, 3.05) is 18.0 Å². The highest BCUT2D eigenvalue weighted by atomic mass is 19.4. The van der Waals surface area contributed by atoms with Crippen molar-refractivity contribution in [2.45, 2.75) is 20.0 Å². The number of aryl methyl sites for hydroxylation is 1. The Hall–Kier alpha value is -1.79. The average molecular weight is 262 g/mol. The van der Waals surface area contributed by atoms with Crippen LogP contribution in [0.25, 0.3) is 0 Å². The van der Waals surface area contributed by atoms with Crippen molar-refractivity contribution in [3.8, 4) is 0 Å². The van der Waals surface area contributed by atoms with Gasteiger partial charge in [0.05, 0.1) is 5.56 Å². The maximum Gasteiger partial charge on any atom is 0.405 e. The van der Waals surface area contributed by atoms with Gasteiger partial charge in [0.25, 0.3) is 0 Å². The molecule has 0 radical (unpaired) electrons. The summed E-state index contributed by atoms with van der Waals surface area (Å²) in [5, 5.41) is 8.75. The van der Waals surface area contributed by atoms with Crippen molar-refractivity contribution in [3.63, 3.8) is 0 Å². The Labute approximate surface area is 102 Å². The minimum absolute atomic E-state index is 0.0423. The Kier molecular flexibility index (Phi) is 4.15. The first-order valence-corrected chi connectivity index (χ1v) is 5.26. The number of carboxylic acid groups (broad SMARTS) is 1. The Bertz CT molecular complexity index is 446. The Balaban J connectivity index is 3.04. The quantitative estimate of drug-likeness (QED) is 0.905. The zero-order valence-electron chi connectivity index (χ0n) is 9.95. The number of hydrogen-bond acceptors (Lipinski definition) is 3. The van der Waals surface area contributed by atoms with Crippen LogP contribution < -0.4 is 4.90 Å². The largest absolute Gasteiger partial charge is 0.478 e. The fourth-order valence-electron chi connectivity index (χ4n) is 1.57. The molecule has 0 spiro atoms. The summed E-state index contributed by atoms with van der Waals surface area (Å²) < 4.78 is 37.1. The summed E-state index contributed by atoms with van der Waals surface area (Å²) in [6.45, 7) is 2.15. The van der Waals surface area contributed by atoms with Gasteiger partial charge in [0.1, 0.15) is 12.4 Å². The zero-order chi connectivity index (χ0) is 13.9. The number of pyridine rings is 1. The molecule has 0 unspecified atom stereocenters. The SMILES string of the molecule is CCN(CC(F)(F)F)c1ncc(C(=O)O)cc1C. The van der Waals surface area contributed by atoms with Gasteiger partial charge in [-0.05, 0) is 25.5 Å². The normalized spacial score (nSPS) is 11.4. The molecular weight excluding hydrogens is 249 g/mol. The van der Waals surface area contributed by atoms with Crippen LogP contribution >= 0.6 is 0 Å². The van der Waals surface area contributed by atoms with Crippen LogP contribution in [0.2, 0.25) is 0 Å². The molecule has 0 amide bonds. The number of carbonyl (C=O) groups is 1. The first kappa shape index (κ1) is 14.3. The first-order valence-electron chi connectivity index (χ1n) is 5.26. The molecule has 1 aromatic rings. The molecule has 1 aromatic heterocycles. The van der Waals surface area contributed by atoms with Gasteiger partial charge in [-0.1, -0.05) is 0 Å². The number of anilines is 1. The van der Waals surface area contributed by atoms with Crippen LogP contribution in [-0.2, 0) is 0 Å². The molecule has 18 heavy (non-hydrogen) atoms. The maximum absolute atomic E-state index is 12.4. The molecule has 100 valence electrons. The summed E-state index contributed by atoms with van der Waals surface area (Å²) in [6, 6.07) is 1.31. The molecule has 7 heteroatoms. The third-order valence-corrected chi connectivity index (χ3v) is 2.35. The summed E-state index contributed by atoms with van der Waals surface area (Å²) in [6.07, 6.45) is -3.26. The van der Waals surface area contributed by atoms with E-state index in [1.165, 1.54) is 13.0 Å². The third kappa shape index (κ3) is 3.61. The van der Waals surface area contributed by atoms with Crippen LogP contribution in [-0.4, -0.2) is 35.3 Å². The minimum Gasteiger partial charge on any atom is -0.478 e. The molecule has 0 aliphatic carbocycles. The third-order valence-electron chi connectivity index (χ3n) is 2.35. The first-order chi connectivity index (χ1) is 8.24. The van der Waals surface area contributed by atoms with Crippen LogP contribution in [0, 0.1) is 6.92 Å². The summed E-state index contributed by atoms with van der Waals surface area (Å²) in [5.74, 6) is -1.00. The highest BCUT2D eigenvalue weighted by Gasteiger charge is 2.31. The summed E-state index contributed by atoms with van der Waals surface area (Å²) >= 11 is 0. The number of hydrogen-bond donors (Lipinski definition) is 1. The highest BCUT2D eigenvalue weighted by molar-refractivity contribution is 5.87. The topological polar surface area (TPSA) is 53.4 Å². The van der Waals surface area contributed by atoms with Gasteiger partial charge in [-0.2, -0.15) is 13.2 Å². The molecule has 0 atom stereocenters. The molecule has 0 aliphatic heterocycles. The molecule has 0 aliphatic rings. The van der Waals surface area contributed by atoms with E-state index in [2.05, 4.69) is 4.98 Å². The number of halogens is 3. The van der Waals surface area contributed by atoms with Gasteiger partial charge >= 0.3 is 12.1 Å². The molecule has 1 rings (SSSR count). The fraction of sp³-hybridized carbons (Fsp3) is 0.455. The number of aromatic carboxylic acids is 1. The maximum atomic E-state index is 12.4. The van der Waals surface area contributed by atoms with Crippen molar-refractivity contribution in [1.29, 1.82) is 0 Å². The van der Waals surface area contributed by atoms with Gasteiger partial charge in [0, 0.05) is 12.7 Å². The van der Waals surface area contributed by atoms with Crippen molar-refractivity contribution in [3.05, 3.63) is 23.4 Å². The standard InChI is InChI=1S/C11H13F3N2O2/c1-3-16(6-11(12,13)14)9-7(2)4-8(5-15-9)10(17)18/h4-5H,3,6H2,1-2H3,(H,17,18). The van der Waals surface area contributed by atoms with Crippen LogP contribution in [0.5, 0.6) is 0 Å². The lowest BCUT2D eigenvalue weighted by Gasteiger charge is -2.24. The van der Waals surface area contributed by atoms with Crippen molar-refractivity contribution >= 4 is 11.8 Å². The van der Waals surface area contributed by atoms with Crippen molar-refractivity contribution in [1.82, 2.24) is 4.98 Å². The predicted octanol–water partition coefficient (Wildman–Crippen LogP) is 2.48. The van der Waals surface area contributed by atoms with Gasteiger partial charge < -0.3 is 10.0 Å². The summed E-state index contributed by atoms with van der Waals surface area (Å²) in [5.41, 5.74) is 0.361. The highest BCUT2D eigenvalue weighted by Crippen LogP contribution is 2.23. The van der Waals surface area contributed by atoms with E-state index >= 15 is 0 Å². The zero-order valence-corrected chi connectivity index (χ0v) is 9.95. The molecule has 1 N–H and O–H groups in total. The second-order valence-electron chi connectivity index (χ2n) is 3.80. The number of aromatic nitrogens is 1. The lowest BCUT2D eigenvalue weighted by Crippen LogP contribution is -2.35. The second kappa shape index (κ2) is 5.24. The molecule has 4 nitrogen and oxygen atoms in total. The van der Waals surface area contributed by atoms with Gasteiger partial charge in [-0.25, -0.2) is 9.78 Å². The molecular formula is C11H13F3N2O2. The smallest absolute Gasteiger partial charge is 0.405 e. The predicted molar refractivity (Wildman–Crippen MR) is 59.9 cm³/mol. The lowest BCUT2D eigenvalue weighted by atomic mass is 10.2. The van der Waals surface area contributed by atoms with Gasteiger partial charge in [0.2, 0.25) is 0 Å². The molecule has 0 saturated heterocycles. The van der Waals surface area contributed by atoms with E-state index in [9.17, 15) is 18.0 Å². The monoisotopic (exact) mass is 262 g/mol. The Morgan fingerprint density at radius 1 is 1.50 bits per heavy atom. The molecule has 0 fully saturated rings. The van der Waals surface area contributed by atoms with E-state index in [1.807, 2.05) is 0 Å². The number of rotatable bonds is 4. The molecule has 0 aromatic carbocycles. The van der Waals surface area contributed by atoms with Gasteiger partial charge in [-0.3, -0.25) is 0 Å². The van der Waals surface area contributed by atoms with E-state index in [0.717, 1.165) is 11.1 Å². The summed E-state index contributed by atoms with van der Waals surface area (Å²) in [4.78, 5) is 15.6. The van der Waals surface area contributed by atoms with Gasteiger partial charge in [-0.15, -0.1) is 0 Å². The lowest BCUT2D eigenvalue weighted by molar-refractivity contribution is -0.119. The number of carboxylic acids is 1. The molecule has 0 saturated carbocycles. The fourth-order valence-corrected chi connectivity index (χ4v) is 1.57. The van der Waals surface area contributed by atoms with Crippen molar-refractivity contribution in [2.24, 2.45) is 0 Å². The van der Waals surface area contributed by atoms with E-state index in [1.54, 1.807) is 6.92 Å². The van der Waals surface area contributed by atoms with E-state index in [0.29, 0.717) is 5.56 Å². The van der Waals surface area contributed by atoms with E-state index in [4.69, 9.17) is 5.11 Å². The van der Waals surface area contributed by atoms with Crippen LogP contribution in [0.15, 0.2) is 12.3 Å². The minimum atomic E-state index is -4.32. The Morgan fingerprint density at radius 3 is 2.50 bits per heavy atom. The number of alkyl halides is 3. The average Bonchev–Trinajstić information content (AvgIpc) is 2.24. The van der Waals surface area contributed by atoms with E-state index < -0.39 is 18.7 Å². The van der Waals surface area contributed by atoms with Crippen molar-refractivity contribution < 1.29 is 23.1 Å². The van der Waals surface area contributed by atoms with Crippen LogP contribution in [0.4, 0.5) is 19.0 Å². The Morgan fingerprint density at radius 2 is 2.11 bits per heavy atom. The van der Waals surface area contributed by atoms with Crippen LogP contribution in [0.1, 0.15) is 22.8 Å². The molecule has 0 bridgehead atoms. The number of nitrogens with zero attached hydrogens (tertiary/aromatic N) is 2. The van der Waals surface area contributed by atoms with E-state index in [-0.39, 0.29) is 17.9 Å². The summed E-state index contributed by atoms with van der Waals surface area (Å²) in [7, 11) is 0. The van der Waals surface area contributed by atoms with Gasteiger partial charge in [0.15, 0.2) is 0 Å².